The Bertz CT molecular complexity index is 1870. The second-order valence-electron chi connectivity index (χ2n) is 10.1. The van der Waals surface area contributed by atoms with Crippen LogP contribution in [0, 0.1) is 5.92 Å². The Labute approximate surface area is 265 Å². The highest BCUT2D eigenvalue weighted by atomic mass is 32.2. The van der Waals surface area contributed by atoms with Crippen LogP contribution in [0.5, 0.6) is 0 Å². The van der Waals surface area contributed by atoms with E-state index in [1.807, 2.05) is 11.4 Å². The first-order chi connectivity index (χ1) is 21.5. The number of aromatic nitrogens is 1. The number of nitrogens with one attached hydrogen (secondary N) is 1. The number of hydrogen-bond acceptors (Lipinski definition) is 9. The quantitative estimate of drug-likeness (QED) is 0.201. The Morgan fingerprint density at radius 1 is 1.00 bits per heavy atom. The molecule has 15 heteroatoms. The molecule has 2 aliphatic rings. The lowest BCUT2D eigenvalue weighted by atomic mass is 9.87. The molecule has 0 aliphatic carbocycles. The molecule has 9 nitrogen and oxygen atoms in total. The molecule has 2 aromatic carbocycles. The van der Waals surface area contributed by atoms with Gasteiger partial charge in [0.25, 0.3) is 0 Å². The van der Waals surface area contributed by atoms with Crippen molar-refractivity contribution < 1.29 is 37.1 Å². The van der Waals surface area contributed by atoms with Crippen molar-refractivity contribution in [1.82, 2.24) is 4.57 Å². The largest absolute Gasteiger partial charge is 0.462 e. The van der Waals surface area contributed by atoms with Crippen LogP contribution >= 0.6 is 34.4 Å². The van der Waals surface area contributed by atoms with Crippen LogP contribution in [-0.4, -0.2) is 40.1 Å². The van der Waals surface area contributed by atoms with Gasteiger partial charge in [-0.25, -0.2) is 9.69 Å². The second-order valence-corrected chi connectivity index (χ2v) is 13.2. The van der Waals surface area contributed by atoms with Crippen LogP contribution in [0.4, 0.5) is 24.5 Å². The predicted octanol–water partition coefficient (Wildman–Crippen LogP) is 5.60. The van der Waals surface area contributed by atoms with Gasteiger partial charge in [0.2, 0.25) is 17.7 Å². The van der Waals surface area contributed by atoms with Crippen LogP contribution in [0.15, 0.2) is 75.9 Å². The van der Waals surface area contributed by atoms with Crippen LogP contribution in [0.3, 0.4) is 0 Å². The molecular formula is C30H22F3N3O6S3. The monoisotopic (exact) mass is 673 g/mol. The summed E-state index contributed by atoms with van der Waals surface area (Å²) in [5.74, 6) is -3.72. The zero-order valence-electron chi connectivity index (χ0n) is 23.2. The number of benzene rings is 2. The van der Waals surface area contributed by atoms with Crippen LogP contribution < -0.4 is 15.1 Å². The number of amides is 3. The Morgan fingerprint density at radius 2 is 1.76 bits per heavy atom. The summed E-state index contributed by atoms with van der Waals surface area (Å²) < 4.78 is 45.7. The molecule has 0 spiro atoms. The zero-order chi connectivity index (χ0) is 32.0. The van der Waals surface area contributed by atoms with Gasteiger partial charge in [-0.15, -0.1) is 11.3 Å². The average Bonchev–Trinajstić information content (AvgIpc) is 3.70. The molecule has 1 fully saturated rings. The molecule has 2 aliphatic heterocycles. The second kappa shape index (κ2) is 11.9. The lowest BCUT2D eigenvalue weighted by Gasteiger charge is -2.29. The number of ether oxygens (including phenoxy) is 1. The van der Waals surface area contributed by atoms with Gasteiger partial charge in [0.15, 0.2) is 0 Å². The van der Waals surface area contributed by atoms with Crippen LogP contribution in [0.2, 0.25) is 0 Å². The highest BCUT2D eigenvalue weighted by Gasteiger charge is 2.57. The highest BCUT2D eigenvalue weighted by molar-refractivity contribution is 8.00. The minimum absolute atomic E-state index is 0.0858. The number of thioether (sulfide) groups is 1. The van der Waals surface area contributed by atoms with Crippen molar-refractivity contribution in [3.05, 3.63) is 96.6 Å². The summed E-state index contributed by atoms with van der Waals surface area (Å²) in [6.07, 6.45) is -4.60. The highest BCUT2D eigenvalue weighted by Crippen LogP contribution is 2.54. The third kappa shape index (κ3) is 5.71. The number of carbonyl (C=O) groups excluding carboxylic acids is 4. The van der Waals surface area contributed by atoms with E-state index in [1.165, 1.54) is 46.2 Å². The van der Waals surface area contributed by atoms with Gasteiger partial charge in [-0.1, -0.05) is 35.2 Å². The first-order valence-corrected chi connectivity index (χ1v) is 16.1. The van der Waals surface area contributed by atoms with Crippen molar-refractivity contribution in [2.45, 2.75) is 35.8 Å². The van der Waals surface area contributed by atoms with Crippen molar-refractivity contribution in [1.29, 1.82) is 0 Å². The minimum Gasteiger partial charge on any atom is -0.462 e. The molecule has 1 saturated heterocycles. The number of fused-ring (bicyclic) bond motifs is 2. The number of rotatable bonds is 7. The van der Waals surface area contributed by atoms with Crippen molar-refractivity contribution in [2.75, 3.05) is 16.8 Å². The molecule has 6 rings (SSSR count). The number of alkyl halides is 3. The molecule has 4 heterocycles. The first kappa shape index (κ1) is 30.8. The lowest BCUT2D eigenvalue weighted by molar-refractivity contribution is -0.137. The Balaban J connectivity index is 1.32. The summed E-state index contributed by atoms with van der Waals surface area (Å²) in [5.41, 5.74) is -0.482. The summed E-state index contributed by atoms with van der Waals surface area (Å²) in [4.78, 5) is 67.9. The van der Waals surface area contributed by atoms with Gasteiger partial charge in [-0.3, -0.25) is 23.7 Å². The number of anilines is 2. The Kier molecular flexibility index (Phi) is 8.18. The van der Waals surface area contributed by atoms with E-state index >= 15 is 0 Å². The molecule has 0 unspecified atom stereocenters. The maximum Gasteiger partial charge on any atom is 0.416 e. The molecule has 3 amide bonds. The topological polar surface area (TPSA) is 115 Å². The standard InChI is InChI=1S/C30H22F3N3O6S3/c1-2-42-28(40)15-8-10-18(11-9-15)36-25(38)22-21(19-7-4-12-43-19)24-27(44-23(22)26(36)39)35(29(41)45-24)14-20(37)34-17-6-3-5-16(13-17)30(31,32)33/h3-13,21-23H,2,14H2,1H3,(H,34,37)/t21-,22-,23+/m0/s1. The van der Waals surface area contributed by atoms with Gasteiger partial charge in [-0.2, -0.15) is 13.2 Å². The molecular weight excluding hydrogens is 652 g/mol. The number of imide groups is 1. The van der Waals surface area contributed by atoms with E-state index in [-0.39, 0.29) is 23.5 Å². The van der Waals surface area contributed by atoms with Gasteiger partial charge in [-0.05, 0) is 60.8 Å². The van der Waals surface area contributed by atoms with E-state index < -0.39 is 63.9 Å². The predicted molar refractivity (Wildman–Crippen MR) is 163 cm³/mol. The van der Waals surface area contributed by atoms with Gasteiger partial charge in [0.1, 0.15) is 11.8 Å². The summed E-state index contributed by atoms with van der Waals surface area (Å²) in [6.45, 7) is 1.36. The first-order valence-electron chi connectivity index (χ1n) is 13.5. The van der Waals surface area contributed by atoms with Crippen molar-refractivity contribution in [2.24, 2.45) is 5.92 Å². The Hall–Kier alpha value is -4.21. The van der Waals surface area contributed by atoms with E-state index in [0.29, 0.717) is 9.90 Å². The number of thiazole rings is 1. The van der Waals surface area contributed by atoms with E-state index in [2.05, 4.69) is 5.32 Å². The van der Waals surface area contributed by atoms with Gasteiger partial charge in [0, 0.05) is 21.4 Å². The normalized spacial score (nSPS) is 19.3. The van der Waals surface area contributed by atoms with Gasteiger partial charge in [0.05, 0.1) is 34.4 Å². The van der Waals surface area contributed by atoms with E-state index in [0.717, 1.165) is 51.1 Å². The molecule has 0 saturated carbocycles. The van der Waals surface area contributed by atoms with Crippen LogP contribution in [0.25, 0.3) is 0 Å². The van der Waals surface area contributed by atoms with Crippen molar-refractivity contribution in [3.8, 4) is 0 Å². The fourth-order valence-corrected chi connectivity index (χ4v) is 9.08. The molecule has 0 bridgehead atoms. The molecule has 3 atom stereocenters. The maximum atomic E-state index is 13.9. The van der Waals surface area contributed by atoms with Crippen molar-refractivity contribution >= 4 is 69.5 Å². The molecule has 1 N–H and O–H groups in total. The maximum absolute atomic E-state index is 13.9. The molecule has 45 heavy (non-hydrogen) atoms. The number of nitrogens with zero attached hydrogens (tertiary/aromatic N) is 2. The van der Waals surface area contributed by atoms with Crippen LogP contribution in [-0.2, 0) is 31.8 Å². The number of hydrogen-bond donors (Lipinski definition) is 1. The smallest absolute Gasteiger partial charge is 0.416 e. The van der Waals surface area contributed by atoms with Gasteiger partial charge >= 0.3 is 17.0 Å². The summed E-state index contributed by atoms with van der Waals surface area (Å²) in [6, 6.07) is 13.7. The summed E-state index contributed by atoms with van der Waals surface area (Å²) >= 11 is 3.25. The average molecular weight is 674 g/mol. The number of halogens is 3. The Morgan fingerprint density at radius 3 is 2.42 bits per heavy atom. The van der Waals surface area contributed by atoms with Crippen molar-refractivity contribution in [3.63, 3.8) is 0 Å². The third-order valence-electron chi connectivity index (χ3n) is 7.31. The van der Waals surface area contributed by atoms with Gasteiger partial charge < -0.3 is 10.1 Å². The third-order valence-corrected chi connectivity index (χ3v) is 10.9. The number of esters is 1. The number of thiophene rings is 1. The molecule has 4 aromatic rings. The van der Waals surface area contributed by atoms with Crippen LogP contribution in [0.1, 0.15) is 38.5 Å². The fraction of sp³-hybridized carbons (Fsp3) is 0.233. The minimum atomic E-state index is -4.60. The van der Waals surface area contributed by atoms with E-state index in [1.54, 1.807) is 13.0 Å². The molecule has 0 radical (unpaired) electrons. The zero-order valence-corrected chi connectivity index (χ0v) is 25.6. The fourth-order valence-electron chi connectivity index (χ4n) is 5.36. The summed E-state index contributed by atoms with van der Waals surface area (Å²) in [7, 11) is 0. The molecule has 232 valence electrons. The van der Waals surface area contributed by atoms with E-state index in [9.17, 15) is 37.1 Å². The lowest BCUT2D eigenvalue weighted by Crippen LogP contribution is -2.32. The SMILES string of the molecule is CCOC(=O)c1ccc(N2C(=O)[C@H]3[C@H](c4cccs4)c4sc(=O)n(CC(=O)Nc5cccc(C(F)(F)F)c5)c4S[C@H]3C2=O)cc1. The molecule has 2 aromatic heterocycles. The summed E-state index contributed by atoms with van der Waals surface area (Å²) in [5, 5.41) is 3.66. The van der Waals surface area contributed by atoms with E-state index in [4.69, 9.17) is 4.74 Å². The number of carbonyl (C=O) groups is 4.